The minimum atomic E-state index is -0.711. The van der Waals surface area contributed by atoms with Crippen LogP contribution in [0.5, 0.6) is 0 Å². The summed E-state index contributed by atoms with van der Waals surface area (Å²) in [6, 6.07) is 3.16. The largest absolute Gasteiger partial charge is 0.386 e. The Balaban J connectivity index is 2.33. The van der Waals surface area contributed by atoms with Gasteiger partial charge in [-0.2, -0.15) is 0 Å². The Morgan fingerprint density at radius 1 is 1.14 bits per heavy atom. The summed E-state index contributed by atoms with van der Waals surface area (Å²) in [6.07, 6.45) is 1.48. The lowest BCUT2D eigenvalue weighted by molar-refractivity contribution is 0.591. The Labute approximate surface area is 117 Å². The van der Waals surface area contributed by atoms with E-state index >= 15 is 0 Å². The van der Waals surface area contributed by atoms with Crippen LogP contribution in [0.3, 0.4) is 0 Å². The SMILES string of the molecule is CNc1cc(F)c(N)nc1-c1c[nH]c2c(F)cc(F)cc12. The van der Waals surface area contributed by atoms with E-state index < -0.39 is 17.5 Å². The molecule has 2 aromatic heterocycles. The first-order valence-corrected chi connectivity index (χ1v) is 6.11. The molecule has 0 unspecified atom stereocenters. The van der Waals surface area contributed by atoms with Crippen LogP contribution < -0.4 is 11.1 Å². The molecule has 0 aliphatic heterocycles. The van der Waals surface area contributed by atoms with Gasteiger partial charge in [-0.25, -0.2) is 18.2 Å². The maximum Gasteiger partial charge on any atom is 0.167 e. The molecule has 4 N–H and O–H groups in total. The molecule has 0 radical (unpaired) electrons. The van der Waals surface area contributed by atoms with E-state index in [9.17, 15) is 13.2 Å². The number of aromatic amines is 1. The summed E-state index contributed by atoms with van der Waals surface area (Å²) in [5.74, 6) is -2.37. The molecule has 4 nitrogen and oxygen atoms in total. The average molecular weight is 292 g/mol. The summed E-state index contributed by atoms with van der Waals surface area (Å²) >= 11 is 0. The van der Waals surface area contributed by atoms with Crippen LogP contribution in [0.15, 0.2) is 24.4 Å². The van der Waals surface area contributed by atoms with Crippen LogP contribution in [0.1, 0.15) is 0 Å². The van der Waals surface area contributed by atoms with E-state index in [0.29, 0.717) is 22.3 Å². The van der Waals surface area contributed by atoms with Gasteiger partial charge in [-0.15, -0.1) is 0 Å². The zero-order valence-electron chi connectivity index (χ0n) is 11.0. The van der Waals surface area contributed by atoms with Crippen LogP contribution >= 0.6 is 0 Å². The second-order valence-electron chi connectivity index (χ2n) is 4.51. The molecule has 7 heteroatoms. The van der Waals surface area contributed by atoms with Gasteiger partial charge in [0.1, 0.15) is 11.6 Å². The maximum atomic E-state index is 13.7. The van der Waals surface area contributed by atoms with Gasteiger partial charge in [-0.1, -0.05) is 0 Å². The third-order valence-electron chi connectivity index (χ3n) is 3.23. The monoisotopic (exact) mass is 292 g/mol. The van der Waals surface area contributed by atoms with Crippen molar-refractivity contribution in [3.63, 3.8) is 0 Å². The van der Waals surface area contributed by atoms with Crippen molar-refractivity contribution < 1.29 is 13.2 Å². The highest BCUT2D eigenvalue weighted by Crippen LogP contribution is 2.34. The molecule has 0 aliphatic carbocycles. The van der Waals surface area contributed by atoms with Crippen LogP contribution in [0.25, 0.3) is 22.2 Å². The predicted octanol–water partition coefficient (Wildman–Crippen LogP) is 3.27. The third-order valence-corrected chi connectivity index (χ3v) is 3.23. The maximum absolute atomic E-state index is 13.7. The Kier molecular flexibility index (Phi) is 2.97. The minimum absolute atomic E-state index is 0.151. The smallest absolute Gasteiger partial charge is 0.167 e. The first-order chi connectivity index (χ1) is 10.0. The number of halogens is 3. The van der Waals surface area contributed by atoms with Gasteiger partial charge in [0, 0.05) is 36.3 Å². The molecule has 0 spiro atoms. The number of aromatic nitrogens is 2. The fourth-order valence-corrected chi connectivity index (χ4v) is 2.25. The van der Waals surface area contributed by atoms with Crippen molar-refractivity contribution in [1.29, 1.82) is 0 Å². The van der Waals surface area contributed by atoms with Gasteiger partial charge in [0.25, 0.3) is 0 Å². The molecule has 2 heterocycles. The molecule has 0 amide bonds. The number of nitrogen functional groups attached to an aromatic ring is 1. The van der Waals surface area contributed by atoms with Crippen LogP contribution in [0.4, 0.5) is 24.7 Å². The van der Waals surface area contributed by atoms with Crippen LogP contribution in [0.2, 0.25) is 0 Å². The second kappa shape index (κ2) is 4.69. The molecule has 0 fully saturated rings. The van der Waals surface area contributed by atoms with Crippen molar-refractivity contribution in [2.75, 3.05) is 18.1 Å². The number of hydrogen-bond acceptors (Lipinski definition) is 3. The molecule has 0 bridgehead atoms. The zero-order chi connectivity index (χ0) is 15.1. The third kappa shape index (κ3) is 2.06. The molecule has 1 aromatic carbocycles. The van der Waals surface area contributed by atoms with E-state index in [2.05, 4.69) is 15.3 Å². The van der Waals surface area contributed by atoms with E-state index in [1.165, 1.54) is 18.3 Å². The summed E-state index contributed by atoms with van der Waals surface area (Å²) in [4.78, 5) is 6.69. The van der Waals surface area contributed by atoms with Crippen molar-refractivity contribution in [3.8, 4) is 11.3 Å². The van der Waals surface area contributed by atoms with Crippen molar-refractivity contribution in [1.82, 2.24) is 9.97 Å². The van der Waals surface area contributed by atoms with Gasteiger partial charge in [-0.3, -0.25) is 0 Å². The number of nitrogens with two attached hydrogens (primary N) is 1. The summed E-state index contributed by atoms with van der Waals surface area (Å²) < 4.78 is 40.6. The van der Waals surface area contributed by atoms with Gasteiger partial charge in [0.15, 0.2) is 11.6 Å². The lowest BCUT2D eigenvalue weighted by Crippen LogP contribution is -2.01. The molecule has 3 aromatic rings. The second-order valence-corrected chi connectivity index (χ2v) is 4.51. The van der Waals surface area contributed by atoms with E-state index in [1.807, 2.05) is 0 Å². The Morgan fingerprint density at radius 2 is 1.90 bits per heavy atom. The highest BCUT2D eigenvalue weighted by molar-refractivity contribution is 5.98. The molecular formula is C14H11F3N4. The molecule has 0 atom stereocenters. The van der Waals surface area contributed by atoms with E-state index in [-0.39, 0.29) is 11.3 Å². The average Bonchev–Trinajstić information content (AvgIpc) is 2.85. The number of nitrogens with zero attached hydrogens (tertiary/aromatic N) is 1. The van der Waals surface area contributed by atoms with Gasteiger partial charge in [-0.05, 0) is 6.07 Å². The summed E-state index contributed by atoms with van der Waals surface area (Å²) in [7, 11) is 1.59. The first-order valence-electron chi connectivity index (χ1n) is 6.11. The van der Waals surface area contributed by atoms with Gasteiger partial charge in [0.2, 0.25) is 0 Å². The van der Waals surface area contributed by atoms with Crippen LogP contribution in [0, 0.1) is 17.5 Å². The summed E-state index contributed by atoms with van der Waals surface area (Å²) in [6.45, 7) is 0. The lowest BCUT2D eigenvalue weighted by atomic mass is 10.1. The lowest BCUT2D eigenvalue weighted by Gasteiger charge is -2.09. The van der Waals surface area contributed by atoms with Crippen molar-refractivity contribution in [3.05, 3.63) is 41.8 Å². The Bertz CT molecular complexity index is 842. The zero-order valence-corrected chi connectivity index (χ0v) is 11.0. The Hall–Kier alpha value is -2.70. The van der Waals surface area contributed by atoms with Crippen molar-refractivity contribution >= 4 is 22.4 Å². The number of fused-ring (bicyclic) bond motifs is 1. The van der Waals surface area contributed by atoms with Gasteiger partial charge >= 0.3 is 0 Å². The number of benzene rings is 1. The molecule has 108 valence electrons. The molecule has 0 saturated carbocycles. The number of nitrogens with one attached hydrogen (secondary N) is 2. The van der Waals surface area contributed by atoms with Crippen LogP contribution in [-0.2, 0) is 0 Å². The van der Waals surface area contributed by atoms with Gasteiger partial charge < -0.3 is 16.0 Å². The summed E-state index contributed by atoms with van der Waals surface area (Å²) in [5.41, 5.74) is 6.74. The number of hydrogen-bond donors (Lipinski definition) is 3. The Morgan fingerprint density at radius 3 is 2.62 bits per heavy atom. The molecule has 3 rings (SSSR count). The standard InChI is InChI=1S/C14H11F3N4/c1-19-11-4-10(17)14(18)21-13(11)8-5-20-12-7(8)2-6(15)3-9(12)16/h2-5,19-20H,1H3,(H2,18,21). The van der Waals surface area contributed by atoms with E-state index in [1.54, 1.807) is 7.05 Å². The van der Waals surface area contributed by atoms with Crippen molar-refractivity contribution in [2.24, 2.45) is 0 Å². The number of rotatable bonds is 2. The molecule has 0 aliphatic rings. The highest BCUT2D eigenvalue weighted by atomic mass is 19.1. The predicted molar refractivity (Wildman–Crippen MR) is 75.4 cm³/mol. The topological polar surface area (TPSA) is 66.7 Å². The number of anilines is 2. The fourth-order valence-electron chi connectivity index (χ4n) is 2.25. The minimum Gasteiger partial charge on any atom is -0.386 e. The van der Waals surface area contributed by atoms with Crippen molar-refractivity contribution in [2.45, 2.75) is 0 Å². The van der Waals surface area contributed by atoms with E-state index in [4.69, 9.17) is 5.73 Å². The highest BCUT2D eigenvalue weighted by Gasteiger charge is 2.17. The number of H-pyrrole nitrogens is 1. The first kappa shape index (κ1) is 13.3. The molecule has 0 saturated heterocycles. The van der Waals surface area contributed by atoms with E-state index in [0.717, 1.165) is 6.07 Å². The quantitative estimate of drug-likeness (QED) is 0.679. The summed E-state index contributed by atoms with van der Waals surface area (Å²) in [5, 5.41) is 3.09. The van der Waals surface area contributed by atoms with Gasteiger partial charge in [0.05, 0.1) is 16.9 Å². The number of pyridine rings is 1. The normalized spacial score (nSPS) is 11.0. The fraction of sp³-hybridized carbons (Fsp3) is 0.0714. The van der Waals surface area contributed by atoms with Crippen LogP contribution in [-0.4, -0.2) is 17.0 Å². The molecular weight excluding hydrogens is 281 g/mol. The molecule has 21 heavy (non-hydrogen) atoms.